The van der Waals surface area contributed by atoms with Crippen LogP contribution in [-0.4, -0.2) is 23.0 Å². The average molecular weight is 280 g/mol. The van der Waals surface area contributed by atoms with Gasteiger partial charge in [-0.25, -0.2) is 4.39 Å². The van der Waals surface area contributed by atoms with Gasteiger partial charge in [-0.1, -0.05) is 26.1 Å². The SMILES string of the molecule is CC1(C)CCN(Cc2cc(F)cc(C(N)=S)c2)CC1. The Labute approximate surface area is 119 Å². The quantitative estimate of drug-likeness (QED) is 0.863. The molecule has 0 saturated carbocycles. The monoisotopic (exact) mass is 280 g/mol. The lowest BCUT2D eigenvalue weighted by atomic mass is 9.82. The van der Waals surface area contributed by atoms with E-state index in [1.54, 1.807) is 6.07 Å². The molecule has 0 spiro atoms. The van der Waals surface area contributed by atoms with Crippen molar-refractivity contribution in [2.75, 3.05) is 13.1 Å². The first-order valence-corrected chi connectivity index (χ1v) is 7.08. The molecule has 19 heavy (non-hydrogen) atoms. The van der Waals surface area contributed by atoms with Crippen molar-refractivity contribution in [2.45, 2.75) is 33.2 Å². The number of hydrogen-bond acceptors (Lipinski definition) is 2. The van der Waals surface area contributed by atoms with Gasteiger partial charge in [0.2, 0.25) is 0 Å². The molecular weight excluding hydrogens is 259 g/mol. The van der Waals surface area contributed by atoms with Crippen LogP contribution in [0, 0.1) is 11.2 Å². The third-order valence-electron chi connectivity index (χ3n) is 3.86. The summed E-state index contributed by atoms with van der Waals surface area (Å²) in [6.07, 6.45) is 2.37. The zero-order chi connectivity index (χ0) is 14.0. The van der Waals surface area contributed by atoms with Crippen LogP contribution in [0.25, 0.3) is 0 Å². The molecule has 1 aromatic rings. The zero-order valence-electron chi connectivity index (χ0n) is 11.6. The molecule has 2 nitrogen and oxygen atoms in total. The highest BCUT2D eigenvalue weighted by molar-refractivity contribution is 7.80. The molecule has 1 heterocycles. The molecule has 4 heteroatoms. The molecule has 2 rings (SSSR count). The van der Waals surface area contributed by atoms with Crippen molar-refractivity contribution in [2.24, 2.45) is 11.1 Å². The minimum Gasteiger partial charge on any atom is -0.389 e. The van der Waals surface area contributed by atoms with Crippen molar-refractivity contribution < 1.29 is 4.39 Å². The van der Waals surface area contributed by atoms with Crippen LogP contribution in [-0.2, 0) is 6.54 Å². The average Bonchev–Trinajstić information content (AvgIpc) is 2.31. The van der Waals surface area contributed by atoms with E-state index in [0.29, 0.717) is 11.0 Å². The Morgan fingerprint density at radius 1 is 1.32 bits per heavy atom. The van der Waals surface area contributed by atoms with E-state index in [-0.39, 0.29) is 10.8 Å². The summed E-state index contributed by atoms with van der Waals surface area (Å²) in [4.78, 5) is 2.61. The lowest BCUT2D eigenvalue weighted by Gasteiger charge is -2.37. The van der Waals surface area contributed by atoms with Crippen molar-refractivity contribution in [3.05, 3.63) is 35.1 Å². The third-order valence-corrected chi connectivity index (χ3v) is 4.09. The van der Waals surface area contributed by atoms with Gasteiger partial charge in [0, 0.05) is 12.1 Å². The van der Waals surface area contributed by atoms with E-state index in [1.807, 2.05) is 6.07 Å². The molecule has 0 aliphatic carbocycles. The van der Waals surface area contributed by atoms with E-state index < -0.39 is 0 Å². The van der Waals surface area contributed by atoms with Crippen LogP contribution in [0.3, 0.4) is 0 Å². The van der Waals surface area contributed by atoms with Gasteiger partial charge in [-0.15, -0.1) is 0 Å². The van der Waals surface area contributed by atoms with Crippen molar-refractivity contribution in [1.29, 1.82) is 0 Å². The number of nitrogens with zero attached hydrogens (tertiary/aromatic N) is 1. The number of nitrogens with two attached hydrogens (primary N) is 1. The normalized spacial score (nSPS) is 19.3. The molecule has 1 aliphatic heterocycles. The first-order valence-electron chi connectivity index (χ1n) is 6.67. The Kier molecular flexibility index (Phi) is 4.21. The molecule has 0 unspecified atom stereocenters. The maximum Gasteiger partial charge on any atom is 0.124 e. The summed E-state index contributed by atoms with van der Waals surface area (Å²) in [5, 5.41) is 0. The number of hydrogen-bond donors (Lipinski definition) is 1. The number of halogens is 1. The molecule has 1 aromatic carbocycles. The largest absolute Gasteiger partial charge is 0.389 e. The zero-order valence-corrected chi connectivity index (χ0v) is 12.4. The molecule has 0 aromatic heterocycles. The Hall–Kier alpha value is -1.00. The van der Waals surface area contributed by atoms with Gasteiger partial charge in [-0.2, -0.15) is 0 Å². The molecular formula is C15H21FN2S. The van der Waals surface area contributed by atoms with E-state index in [0.717, 1.165) is 25.2 Å². The van der Waals surface area contributed by atoms with Crippen LogP contribution in [0.4, 0.5) is 4.39 Å². The van der Waals surface area contributed by atoms with Crippen LogP contribution < -0.4 is 5.73 Å². The first-order chi connectivity index (χ1) is 8.85. The minimum atomic E-state index is -0.266. The minimum absolute atomic E-state index is 0.250. The summed E-state index contributed by atoms with van der Waals surface area (Å²) < 4.78 is 13.5. The Balaban J connectivity index is 2.05. The second-order valence-corrected chi connectivity index (χ2v) is 6.59. The molecule has 0 amide bonds. The summed E-state index contributed by atoms with van der Waals surface area (Å²) >= 11 is 4.91. The molecule has 0 bridgehead atoms. The van der Waals surface area contributed by atoms with E-state index >= 15 is 0 Å². The molecule has 104 valence electrons. The van der Waals surface area contributed by atoms with E-state index in [9.17, 15) is 4.39 Å². The number of piperidine rings is 1. The van der Waals surface area contributed by atoms with Crippen molar-refractivity contribution in [3.63, 3.8) is 0 Å². The van der Waals surface area contributed by atoms with Gasteiger partial charge >= 0.3 is 0 Å². The highest BCUT2D eigenvalue weighted by atomic mass is 32.1. The molecule has 0 atom stereocenters. The van der Waals surface area contributed by atoms with E-state index in [1.165, 1.54) is 18.9 Å². The maximum absolute atomic E-state index is 13.5. The van der Waals surface area contributed by atoms with Gasteiger partial charge in [0.25, 0.3) is 0 Å². The van der Waals surface area contributed by atoms with Crippen LogP contribution in [0.15, 0.2) is 18.2 Å². The van der Waals surface area contributed by atoms with Crippen LogP contribution >= 0.6 is 12.2 Å². The second-order valence-electron chi connectivity index (χ2n) is 6.15. The smallest absolute Gasteiger partial charge is 0.124 e. The first kappa shape index (κ1) is 14.4. The van der Waals surface area contributed by atoms with Crippen molar-refractivity contribution >= 4 is 17.2 Å². The van der Waals surface area contributed by atoms with Crippen molar-refractivity contribution in [1.82, 2.24) is 4.90 Å². The summed E-state index contributed by atoms with van der Waals surface area (Å²) in [6.45, 7) is 7.50. The Morgan fingerprint density at radius 2 is 1.95 bits per heavy atom. The summed E-state index contributed by atoms with van der Waals surface area (Å²) in [5.74, 6) is -0.266. The highest BCUT2D eigenvalue weighted by Crippen LogP contribution is 2.30. The predicted octanol–water partition coefficient (Wildman–Crippen LogP) is 3.08. The maximum atomic E-state index is 13.5. The summed E-state index contributed by atoms with van der Waals surface area (Å²) in [6, 6.07) is 4.86. The second kappa shape index (κ2) is 5.55. The fourth-order valence-electron chi connectivity index (χ4n) is 2.46. The van der Waals surface area contributed by atoms with E-state index in [4.69, 9.17) is 18.0 Å². The predicted molar refractivity (Wildman–Crippen MR) is 80.6 cm³/mol. The molecule has 0 radical (unpaired) electrons. The number of rotatable bonds is 3. The van der Waals surface area contributed by atoms with Crippen molar-refractivity contribution in [3.8, 4) is 0 Å². The van der Waals surface area contributed by atoms with Gasteiger partial charge in [-0.3, -0.25) is 4.90 Å². The Bertz CT molecular complexity index is 475. The van der Waals surface area contributed by atoms with Crippen LogP contribution in [0.5, 0.6) is 0 Å². The molecule has 1 saturated heterocycles. The molecule has 2 N–H and O–H groups in total. The summed E-state index contributed by atoms with van der Waals surface area (Å²) in [7, 11) is 0. The van der Waals surface area contributed by atoms with Gasteiger partial charge < -0.3 is 5.73 Å². The number of thiocarbonyl (C=S) groups is 1. The van der Waals surface area contributed by atoms with Gasteiger partial charge in [0.15, 0.2) is 0 Å². The summed E-state index contributed by atoms with van der Waals surface area (Å²) in [5.41, 5.74) is 7.56. The van der Waals surface area contributed by atoms with Gasteiger partial charge in [0.1, 0.15) is 10.8 Å². The number of benzene rings is 1. The molecule has 1 fully saturated rings. The lowest BCUT2D eigenvalue weighted by molar-refractivity contribution is 0.127. The fraction of sp³-hybridized carbons (Fsp3) is 0.533. The number of likely N-dealkylation sites (tertiary alicyclic amines) is 1. The van der Waals surface area contributed by atoms with Gasteiger partial charge in [-0.05, 0) is 55.1 Å². The van der Waals surface area contributed by atoms with E-state index in [2.05, 4.69) is 18.7 Å². The Morgan fingerprint density at radius 3 is 2.53 bits per heavy atom. The van der Waals surface area contributed by atoms with Crippen LogP contribution in [0.2, 0.25) is 0 Å². The van der Waals surface area contributed by atoms with Crippen LogP contribution in [0.1, 0.15) is 37.8 Å². The molecule has 1 aliphatic rings. The third kappa shape index (κ3) is 3.98. The fourth-order valence-corrected chi connectivity index (χ4v) is 2.58. The lowest BCUT2D eigenvalue weighted by Crippen LogP contribution is -2.36. The van der Waals surface area contributed by atoms with Gasteiger partial charge in [0.05, 0.1) is 0 Å². The highest BCUT2D eigenvalue weighted by Gasteiger charge is 2.25. The topological polar surface area (TPSA) is 29.3 Å². The standard InChI is InChI=1S/C15H21FN2S/c1-15(2)3-5-18(6-4-15)10-11-7-12(14(17)19)9-13(16)8-11/h7-9H,3-6,10H2,1-2H3,(H2,17,19).